The minimum atomic E-state index is -3.75. The average molecular weight is 440 g/mol. The maximum Gasteiger partial charge on any atom is 0.252 e. The number of carbonyl (C=O) groups excluding carboxylic acids is 1. The second kappa shape index (κ2) is 8.23. The topological polar surface area (TPSA) is 115 Å². The van der Waals surface area contributed by atoms with Gasteiger partial charge in [-0.1, -0.05) is 42.5 Å². The third-order valence-corrected chi connectivity index (χ3v) is 6.83. The molecule has 0 saturated heterocycles. The zero-order valence-corrected chi connectivity index (χ0v) is 17.2. The molecule has 0 aliphatic carbocycles. The van der Waals surface area contributed by atoms with E-state index >= 15 is 0 Å². The number of amides is 1. The number of aromatic nitrogens is 1. The van der Waals surface area contributed by atoms with Crippen molar-refractivity contribution in [3.63, 3.8) is 0 Å². The number of rotatable bonds is 6. The molecule has 0 atom stereocenters. The molecule has 0 aliphatic rings. The Hall–Kier alpha value is -3.27. The first-order chi connectivity index (χ1) is 14.4. The third kappa shape index (κ3) is 4.33. The summed E-state index contributed by atoms with van der Waals surface area (Å²) in [6.07, 6.45) is 1.62. The standard InChI is InChI=1S/C21H17N3O4S2/c22-30(26,27)19-11-10-15(29-19)12-23-20(25)16-8-4-5-9-17(16)21-24-13-18(28-21)14-6-2-1-3-7-14/h1-11,13H,12H2,(H,23,25)(H2,22,26,27). The van der Waals surface area contributed by atoms with Gasteiger partial charge >= 0.3 is 0 Å². The molecule has 0 spiro atoms. The van der Waals surface area contributed by atoms with Gasteiger partial charge in [-0.25, -0.2) is 18.5 Å². The van der Waals surface area contributed by atoms with Gasteiger partial charge in [0.2, 0.25) is 15.9 Å². The Labute approximate surface area is 177 Å². The predicted octanol–water partition coefficient (Wildman–Crippen LogP) is 3.65. The SMILES string of the molecule is NS(=O)(=O)c1ccc(CNC(=O)c2ccccc2-c2ncc(-c3ccccc3)o2)s1. The van der Waals surface area contributed by atoms with Gasteiger partial charge in [0.15, 0.2) is 5.76 Å². The summed E-state index contributed by atoms with van der Waals surface area (Å²) in [5.41, 5.74) is 1.86. The summed E-state index contributed by atoms with van der Waals surface area (Å²) in [6.45, 7) is 0.175. The molecule has 3 N–H and O–H groups in total. The van der Waals surface area contributed by atoms with Crippen LogP contribution in [0.3, 0.4) is 0 Å². The quantitative estimate of drug-likeness (QED) is 0.476. The minimum absolute atomic E-state index is 0.0559. The van der Waals surface area contributed by atoms with Crippen molar-refractivity contribution >= 4 is 27.3 Å². The number of primary sulfonamides is 1. The van der Waals surface area contributed by atoms with Gasteiger partial charge in [0.25, 0.3) is 5.91 Å². The largest absolute Gasteiger partial charge is 0.436 e. The van der Waals surface area contributed by atoms with Crippen LogP contribution < -0.4 is 10.5 Å². The molecule has 9 heteroatoms. The summed E-state index contributed by atoms with van der Waals surface area (Å²) in [7, 11) is -3.75. The fourth-order valence-corrected chi connectivity index (χ4v) is 4.59. The average Bonchev–Trinajstić information content (AvgIpc) is 3.42. The highest BCUT2D eigenvalue weighted by atomic mass is 32.2. The van der Waals surface area contributed by atoms with Gasteiger partial charge in [0, 0.05) is 16.0 Å². The van der Waals surface area contributed by atoms with E-state index in [9.17, 15) is 13.2 Å². The molecule has 4 rings (SSSR count). The lowest BCUT2D eigenvalue weighted by Gasteiger charge is -2.07. The molecule has 2 heterocycles. The molecule has 0 radical (unpaired) electrons. The van der Waals surface area contributed by atoms with Crippen LogP contribution in [-0.2, 0) is 16.6 Å². The minimum Gasteiger partial charge on any atom is -0.436 e. The number of sulfonamides is 1. The highest BCUT2D eigenvalue weighted by Crippen LogP contribution is 2.28. The van der Waals surface area contributed by atoms with E-state index in [0.717, 1.165) is 16.9 Å². The number of thiophene rings is 1. The smallest absolute Gasteiger partial charge is 0.252 e. The van der Waals surface area contributed by atoms with Crippen molar-refractivity contribution in [2.75, 3.05) is 0 Å². The Kier molecular flexibility index (Phi) is 5.49. The molecule has 4 aromatic rings. The molecule has 0 unspecified atom stereocenters. The van der Waals surface area contributed by atoms with Crippen LogP contribution >= 0.6 is 11.3 Å². The van der Waals surface area contributed by atoms with Crippen molar-refractivity contribution in [1.82, 2.24) is 10.3 Å². The Morgan fingerprint density at radius 2 is 1.77 bits per heavy atom. The number of benzene rings is 2. The van der Waals surface area contributed by atoms with E-state index in [-0.39, 0.29) is 16.7 Å². The monoisotopic (exact) mass is 439 g/mol. The van der Waals surface area contributed by atoms with Crippen LogP contribution in [0.1, 0.15) is 15.2 Å². The molecule has 0 bridgehead atoms. The van der Waals surface area contributed by atoms with Gasteiger partial charge in [0.05, 0.1) is 18.3 Å². The number of hydrogen-bond acceptors (Lipinski definition) is 6. The van der Waals surface area contributed by atoms with Crippen LogP contribution in [0.25, 0.3) is 22.8 Å². The van der Waals surface area contributed by atoms with E-state index in [1.54, 1.807) is 36.5 Å². The number of nitrogens with one attached hydrogen (secondary N) is 1. The second-order valence-corrected chi connectivity index (χ2v) is 9.35. The van der Waals surface area contributed by atoms with Gasteiger partial charge in [0.1, 0.15) is 4.21 Å². The zero-order chi connectivity index (χ0) is 21.1. The van der Waals surface area contributed by atoms with Crippen molar-refractivity contribution in [3.05, 3.63) is 83.4 Å². The lowest BCUT2D eigenvalue weighted by Crippen LogP contribution is -2.23. The zero-order valence-electron chi connectivity index (χ0n) is 15.6. The normalized spacial score (nSPS) is 11.4. The number of nitrogens with zero attached hydrogens (tertiary/aromatic N) is 1. The van der Waals surface area contributed by atoms with Crippen molar-refractivity contribution in [2.45, 2.75) is 10.8 Å². The van der Waals surface area contributed by atoms with Crippen LogP contribution in [0.15, 0.2) is 81.6 Å². The maximum absolute atomic E-state index is 12.8. The predicted molar refractivity (Wildman–Crippen MR) is 114 cm³/mol. The van der Waals surface area contributed by atoms with Gasteiger partial charge in [-0.05, 0) is 24.3 Å². The van der Waals surface area contributed by atoms with Crippen LogP contribution in [-0.4, -0.2) is 19.3 Å². The van der Waals surface area contributed by atoms with E-state index in [1.165, 1.54) is 6.07 Å². The summed E-state index contributed by atoms with van der Waals surface area (Å²) >= 11 is 1.02. The first-order valence-corrected chi connectivity index (χ1v) is 11.3. The molecular weight excluding hydrogens is 422 g/mol. The van der Waals surface area contributed by atoms with Gasteiger partial charge in [-0.2, -0.15) is 0 Å². The first kappa shape index (κ1) is 20.0. The number of nitrogens with two attached hydrogens (primary N) is 1. The fraction of sp³-hybridized carbons (Fsp3) is 0.0476. The number of oxazole rings is 1. The Morgan fingerprint density at radius 3 is 2.50 bits per heavy atom. The van der Waals surface area contributed by atoms with E-state index in [0.29, 0.717) is 27.7 Å². The van der Waals surface area contributed by atoms with E-state index < -0.39 is 10.0 Å². The van der Waals surface area contributed by atoms with Crippen LogP contribution in [0.2, 0.25) is 0 Å². The molecule has 0 saturated carbocycles. The highest BCUT2D eigenvalue weighted by molar-refractivity contribution is 7.91. The fourth-order valence-electron chi connectivity index (χ4n) is 2.87. The van der Waals surface area contributed by atoms with Gasteiger partial charge in [-0.3, -0.25) is 4.79 Å². The summed E-state index contributed by atoms with van der Waals surface area (Å²) in [5.74, 6) is 0.623. The molecule has 1 amide bonds. The first-order valence-electron chi connectivity index (χ1n) is 8.92. The maximum atomic E-state index is 12.8. The Morgan fingerprint density at radius 1 is 1.03 bits per heavy atom. The van der Waals surface area contributed by atoms with Crippen LogP contribution in [0.4, 0.5) is 0 Å². The Bertz CT molecular complexity index is 1290. The molecule has 0 aliphatic heterocycles. The molecule has 2 aromatic carbocycles. The lowest BCUT2D eigenvalue weighted by molar-refractivity contribution is 0.0951. The van der Waals surface area contributed by atoms with E-state index in [4.69, 9.17) is 9.56 Å². The van der Waals surface area contributed by atoms with Gasteiger partial charge in [-0.15, -0.1) is 11.3 Å². The third-order valence-electron chi connectivity index (χ3n) is 4.31. The van der Waals surface area contributed by atoms with Crippen LogP contribution in [0, 0.1) is 0 Å². The highest BCUT2D eigenvalue weighted by Gasteiger charge is 2.17. The lowest BCUT2D eigenvalue weighted by atomic mass is 10.1. The summed E-state index contributed by atoms with van der Waals surface area (Å²) in [6, 6.07) is 19.6. The van der Waals surface area contributed by atoms with Gasteiger partial charge < -0.3 is 9.73 Å². The molecule has 7 nitrogen and oxygen atoms in total. The molecular formula is C21H17N3O4S2. The van der Waals surface area contributed by atoms with Crippen molar-refractivity contribution in [3.8, 4) is 22.8 Å². The molecule has 30 heavy (non-hydrogen) atoms. The molecule has 152 valence electrons. The number of hydrogen-bond donors (Lipinski definition) is 2. The Balaban J connectivity index is 1.54. The summed E-state index contributed by atoms with van der Waals surface area (Å²) in [4.78, 5) is 17.8. The van der Waals surface area contributed by atoms with E-state index in [1.807, 2.05) is 30.3 Å². The second-order valence-electron chi connectivity index (χ2n) is 6.39. The number of carbonyl (C=O) groups is 1. The van der Waals surface area contributed by atoms with Crippen LogP contribution in [0.5, 0.6) is 0 Å². The van der Waals surface area contributed by atoms with Crippen molar-refractivity contribution in [1.29, 1.82) is 0 Å². The molecule has 2 aromatic heterocycles. The van der Waals surface area contributed by atoms with Crippen molar-refractivity contribution < 1.29 is 17.6 Å². The summed E-state index contributed by atoms with van der Waals surface area (Å²) in [5, 5.41) is 7.92. The van der Waals surface area contributed by atoms with Crippen molar-refractivity contribution in [2.24, 2.45) is 5.14 Å². The summed E-state index contributed by atoms with van der Waals surface area (Å²) < 4.78 is 28.7. The molecule has 0 fully saturated rings. The van der Waals surface area contributed by atoms with E-state index in [2.05, 4.69) is 10.3 Å².